The molecule has 2 aliphatic heterocycles. The predicted molar refractivity (Wildman–Crippen MR) is 130 cm³/mol. The Kier molecular flexibility index (Phi) is 5.75. The van der Waals surface area contributed by atoms with Gasteiger partial charge in [-0.05, 0) is 28.8 Å². The Bertz CT molecular complexity index is 1590. The molecule has 6 rings (SSSR count). The Labute approximate surface area is 210 Å². The van der Waals surface area contributed by atoms with Crippen LogP contribution in [0, 0.1) is 11.6 Å². The number of sulfone groups is 1. The second-order valence-electron chi connectivity index (χ2n) is 9.18. The second-order valence-corrected chi connectivity index (χ2v) is 11.2. The maximum absolute atomic E-state index is 15.5. The van der Waals surface area contributed by atoms with Crippen LogP contribution in [0.2, 0.25) is 0 Å². The number of hydrogen-bond donors (Lipinski definition) is 2. The smallest absolute Gasteiger partial charge is 0.295 e. The molecule has 4 aromatic rings. The van der Waals surface area contributed by atoms with Gasteiger partial charge in [-0.1, -0.05) is 36.4 Å². The maximum Gasteiger partial charge on any atom is 0.295 e. The number of aromatic nitrogens is 2. The van der Waals surface area contributed by atoms with Gasteiger partial charge in [-0.2, -0.15) is 4.98 Å². The van der Waals surface area contributed by atoms with Crippen molar-refractivity contribution in [3.8, 4) is 28.3 Å². The number of nitrogens with one attached hydrogen (secondary N) is 1. The summed E-state index contributed by atoms with van der Waals surface area (Å²) in [6.45, 7) is 0.318. The van der Waals surface area contributed by atoms with Crippen molar-refractivity contribution in [3.05, 3.63) is 66.2 Å². The number of aliphatic hydroxyl groups is 1. The Hall–Kier alpha value is -3.38. The van der Waals surface area contributed by atoms with Crippen molar-refractivity contribution in [2.75, 3.05) is 19.5 Å². The van der Waals surface area contributed by atoms with Crippen molar-refractivity contribution < 1.29 is 36.5 Å². The number of hydrogen-bond acceptors (Lipinski definition) is 7. The minimum atomic E-state index is -3.31. The van der Waals surface area contributed by atoms with Crippen LogP contribution < -0.4 is 4.74 Å². The van der Waals surface area contributed by atoms with Crippen molar-refractivity contribution in [2.45, 2.75) is 29.3 Å². The monoisotopic (exact) mass is 528 g/mol. The molecule has 0 bridgehead atoms. The summed E-state index contributed by atoms with van der Waals surface area (Å²) in [5.41, 5.74) is 1.68. The van der Waals surface area contributed by atoms with E-state index in [2.05, 4.69) is 9.97 Å². The summed E-state index contributed by atoms with van der Waals surface area (Å²) >= 11 is 0. The van der Waals surface area contributed by atoms with Gasteiger partial charge in [0.25, 0.3) is 6.01 Å². The van der Waals surface area contributed by atoms with Crippen LogP contribution in [-0.4, -0.2) is 67.4 Å². The number of benzene rings is 3. The zero-order valence-electron chi connectivity index (χ0n) is 19.5. The maximum atomic E-state index is 15.5. The lowest BCUT2D eigenvalue weighted by Crippen LogP contribution is -2.34. The highest BCUT2D eigenvalue weighted by molar-refractivity contribution is 7.90. The number of aromatic amines is 1. The lowest BCUT2D eigenvalue weighted by atomic mass is 9.99. The molecule has 8 nitrogen and oxygen atoms in total. The largest absolute Gasteiger partial charge is 0.456 e. The van der Waals surface area contributed by atoms with Crippen LogP contribution in [0.1, 0.15) is 0 Å². The van der Waals surface area contributed by atoms with E-state index in [1.165, 1.54) is 12.1 Å². The highest BCUT2D eigenvalue weighted by Gasteiger charge is 2.48. The molecule has 0 spiro atoms. The first-order valence-electron chi connectivity index (χ1n) is 11.6. The van der Waals surface area contributed by atoms with E-state index in [0.717, 1.165) is 23.4 Å². The van der Waals surface area contributed by atoms with Gasteiger partial charge in [-0.3, -0.25) is 0 Å². The SMILES string of the molecule is CS(=O)(=O)c1ccc(-c2ccc(-c3c(F)cc4[nH]c(O[C@@H]5COC6C5OC[C@H]6O)nc4c3F)cc2)cc1. The summed E-state index contributed by atoms with van der Waals surface area (Å²) < 4.78 is 70.7. The number of halogens is 2. The minimum Gasteiger partial charge on any atom is -0.456 e. The Morgan fingerprint density at radius 1 is 0.973 bits per heavy atom. The first-order valence-corrected chi connectivity index (χ1v) is 13.4. The first-order chi connectivity index (χ1) is 17.7. The van der Waals surface area contributed by atoms with Crippen LogP contribution in [-0.2, 0) is 19.3 Å². The van der Waals surface area contributed by atoms with E-state index in [0.29, 0.717) is 5.56 Å². The third kappa shape index (κ3) is 4.27. The number of ether oxygens (including phenoxy) is 3. The highest BCUT2D eigenvalue weighted by atomic mass is 32.2. The summed E-state index contributed by atoms with van der Waals surface area (Å²) in [7, 11) is -3.31. The van der Waals surface area contributed by atoms with Crippen LogP contribution in [0.5, 0.6) is 6.01 Å². The molecule has 0 radical (unpaired) electrons. The molecule has 11 heteroatoms. The molecule has 0 amide bonds. The summed E-state index contributed by atoms with van der Waals surface area (Å²) in [6, 6.07) is 14.2. The molecule has 4 atom stereocenters. The molecular weight excluding hydrogens is 506 g/mol. The number of H-pyrrole nitrogens is 1. The average molecular weight is 529 g/mol. The van der Waals surface area contributed by atoms with E-state index in [-0.39, 0.29) is 40.7 Å². The molecule has 2 aliphatic rings. The van der Waals surface area contributed by atoms with E-state index in [4.69, 9.17) is 14.2 Å². The van der Waals surface area contributed by atoms with Crippen LogP contribution in [0.15, 0.2) is 59.5 Å². The van der Waals surface area contributed by atoms with E-state index >= 15 is 8.78 Å². The quantitative estimate of drug-likeness (QED) is 0.408. The van der Waals surface area contributed by atoms with Gasteiger partial charge in [0.05, 0.1) is 29.2 Å². The van der Waals surface area contributed by atoms with Gasteiger partial charge in [0.15, 0.2) is 21.8 Å². The van der Waals surface area contributed by atoms with Gasteiger partial charge in [-0.25, -0.2) is 17.2 Å². The summed E-state index contributed by atoms with van der Waals surface area (Å²) in [5.74, 6) is -1.60. The molecule has 37 heavy (non-hydrogen) atoms. The summed E-state index contributed by atoms with van der Waals surface area (Å²) in [4.78, 5) is 7.19. The predicted octanol–water partition coefficient (Wildman–Crippen LogP) is 3.48. The lowest BCUT2D eigenvalue weighted by molar-refractivity contribution is 0.00706. The fraction of sp³-hybridized carbons (Fsp3) is 0.269. The van der Waals surface area contributed by atoms with Gasteiger partial charge >= 0.3 is 0 Å². The molecule has 1 aromatic heterocycles. The van der Waals surface area contributed by atoms with Crippen LogP contribution in [0.3, 0.4) is 0 Å². The lowest BCUT2D eigenvalue weighted by Gasteiger charge is -2.15. The summed E-state index contributed by atoms with van der Waals surface area (Å²) in [6.07, 6.45) is -1.10. The molecular formula is C26H22F2N2O6S. The first kappa shape index (κ1) is 24.0. The highest BCUT2D eigenvalue weighted by Crippen LogP contribution is 2.35. The number of fused-ring (bicyclic) bond motifs is 2. The fourth-order valence-electron chi connectivity index (χ4n) is 4.79. The third-order valence-electron chi connectivity index (χ3n) is 6.68. The van der Waals surface area contributed by atoms with E-state index < -0.39 is 45.9 Å². The van der Waals surface area contributed by atoms with Gasteiger partial charge < -0.3 is 24.3 Å². The number of aliphatic hydroxyl groups excluding tert-OH is 1. The molecule has 2 fully saturated rings. The van der Waals surface area contributed by atoms with Gasteiger partial charge in [0.2, 0.25) is 0 Å². The van der Waals surface area contributed by atoms with Crippen molar-refractivity contribution in [1.82, 2.24) is 9.97 Å². The molecule has 0 saturated carbocycles. The van der Waals surface area contributed by atoms with E-state index in [1.54, 1.807) is 36.4 Å². The molecule has 2 saturated heterocycles. The van der Waals surface area contributed by atoms with Gasteiger partial charge in [0.1, 0.15) is 29.6 Å². The standard InChI is InChI=1S/C26H22F2N2O6S/c1-37(32,33)16-8-6-14(7-9-16)13-2-4-15(5-3-13)21-17(27)10-18-23(22(21)28)30-26(29-18)36-20-12-35-24-19(31)11-34-25(20)24/h2-10,19-20,24-25,31H,11-12H2,1H3,(H,29,30)/t19-,20-,24?,25?/m1/s1. The Morgan fingerprint density at radius 3 is 2.27 bits per heavy atom. The summed E-state index contributed by atoms with van der Waals surface area (Å²) in [5, 5.41) is 9.88. The van der Waals surface area contributed by atoms with Crippen LogP contribution in [0.4, 0.5) is 8.78 Å². The molecule has 2 unspecified atom stereocenters. The molecule has 2 N–H and O–H groups in total. The minimum absolute atomic E-state index is 0.00224. The Morgan fingerprint density at radius 2 is 1.59 bits per heavy atom. The molecule has 0 aliphatic carbocycles. The van der Waals surface area contributed by atoms with Crippen molar-refractivity contribution in [3.63, 3.8) is 0 Å². The van der Waals surface area contributed by atoms with Crippen molar-refractivity contribution in [1.29, 1.82) is 0 Å². The Balaban J connectivity index is 1.27. The van der Waals surface area contributed by atoms with Gasteiger partial charge in [0, 0.05) is 12.3 Å². The van der Waals surface area contributed by atoms with Crippen molar-refractivity contribution in [2.24, 2.45) is 0 Å². The van der Waals surface area contributed by atoms with Crippen molar-refractivity contribution >= 4 is 20.9 Å². The number of rotatable bonds is 5. The van der Waals surface area contributed by atoms with E-state index in [9.17, 15) is 13.5 Å². The molecule has 192 valence electrons. The number of nitrogens with zero attached hydrogens (tertiary/aromatic N) is 1. The molecule has 3 heterocycles. The van der Waals surface area contributed by atoms with Crippen LogP contribution >= 0.6 is 0 Å². The number of imidazole rings is 1. The third-order valence-corrected chi connectivity index (χ3v) is 7.81. The van der Waals surface area contributed by atoms with Crippen LogP contribution in [0.25, 0.3) is 33.3 Å². The zero-order valence-corrected chi connectivity index (χ0v) is 20.3. The zero-order chi connectivity index (χ0) is 25.9. The van der Waals surface area contributed by atoms with Gasteiger partial charge in [-0.15, -0.1) is 0 Å². The van der Waals surface area contributed by atoms with E-state index in [1.807, 2.05) is 0 Å². The second kappa shape index (κ2) is 8.88. The normalized spacial score (nSPS) is 23.5. The molecule has 3 aromatic carbocycles. The average Bonchev–Trinajstić information content (AvgIpc) is 3.56. The fourth-order valence-corrected chi connectivity index (χ4v) is 5.42. The topological polar surface area (TPSA) is 111 Å².